The van der Waals surface area contributed by atoms with Crippen molar-refractivity contribution in [2.24, 2.45) is 0 Å². The molecule has 1 aromatic carbocycles. The largest absolute Gasteiger partial charge is 0.393 e. The number of hydrogen-bond acceptors (Lipinski definition) is 2. The van der Waals surface area contributed by atoms with Gasteiger partial charge in [0.1, 0.15) is 5.82 Å². The molecule has 19 heavy (non-hydrogen) atoms. The summed E-state index contributed by atoms with van der Waals surface area (Å²) >= 11 is 0. The fourth-order valence-electron chi connectivity index (χ4n) is 2.71. The van der Waals surface area contributed by atoms with Crippen molar-refractivity contribution in [3.05, 3.63) is 35.1 Å². The number of carbonyl (C=O) groups excluding carboxylic acids is 1. The summed E-state index contributed by atoms with van der Waals surface area (Å²) in [6.07, 6.45) is 1.90. The lowest BCUT2D eigenvalue weighted by atomic mass is 10.1. The van der Waals surface area contributed by atoms with Crippen LogP contribution in [0.25, 0.3) is 0 Å². The molecule has 0 radical (unpaired) electrons. The molecule has 3 nitrogen and oxygen atoms in total. The van der Waals surface area contributed by atoms with E-state index in [1.54, 1.807) is 30.9 Å². The highest BCUT2D eigenvalue weighted by molar-refractivity contribution is 5.95. The molecule has 1 amide bonds. The minimum Gasteiger partial charge on any atom is -0.393 e. The zero-order valence-electron chi connectivity index (χ0n) is 11.4. The minimum absolute atomic E-state index is 0.0208. The average molecular weight is 265 g/mol. The number of likely N-dealkylation sites (tertiary alicyclic amines) is 1. The number of carbonyl (C=O) groups is 1. The quantitative estimate of drug-likeness (QED) is 0.912. The first-order valence-electron chi connectivity index (χ1n) is 6.75. The van der Waals surface area contributed by atoms with E-state index in [4.69, 9.17) is 0 Å². The Hall–Kier alpha value is -1.42. The molecular weight excluding hydrogens is 245 g/mol. The van der Waals surface area contributed by atoms with E-state index in [1.807, 2.05) is 0 Å². The second kappa shape index (κ2) is 5.70. The third kappa shape index (κ3) is 2.95. The molecule has 2 atom stereocenters. The second-order valence-corrected chi connectivity index (χ2v) is 5.32. The molecular formula is C15H20FNO2. The smallest absolute Gasteiger partial charge is 0.257 e. The van der Waals surface area contributed by atoms with Gasteiger partial charge in [0.15, 0.2) is 0 Å². The summed E-state index contributed by atoms with van der Waals surface area (Å²) in [5.41, 5.74) is 0.620. The Morgan fingerprint density at radius 1 is 1.58 bits per heavy atom. The number of rotatable bonds is 3. The van der Waals surface area contributed by atoms with Crippen LogP contribution in [0.2, 0.25) is 0 Å². The predicted octanol–water partition coefficient (Wildman–Crippen LogP) is 2.51. The van der Waals surface area contributed by atoms with Gasteiger partial charge >= 0.3 is 0 Å². The van der Waals surface area contributed by atoms with E-state index in [0.29, 0.717) is 18.5 Å². The van der Waals surface area contributed by atoms with Crippen LogP contribution in [0.5, 0.6) is 0 Å². The highest BCUT2D eigenvalue weighted by Crippen LogP contribution is 2.25. The van der Waals surface area contributed by atoms with E-state index in [-0.39, 0.29) is 17.5 Å². The molecule has 1 fully saturated rings. The van der Waals surface area contributed by atoms with E-state index >= 15 is 0 Å². The Bertz CT molecular complexity index is 473. The molecule has 1 aromatic rings. The molecule has 2 unspecified atom stereocenters. The standard InChI is InChI=1S/C15H20FNO2/c1-10-5-3-7-13(14(10)16)15(19)17-8-4-6-12(17)9-11(2)18/h3,5,7,11-12,18H,4,6,8-9H2,1-2H3. The van der Waals surface area contributed by atoms with Gasteiger partial charge < -0.3 is 10.0 Å². The normalized spacial score (nSPS) is 20.6. The summed E-state index contributed by atoms with van der Waals surface area (Å²) in [6.45, 7) is 4.02. The van der Waals surface area contributed by atoms with Crippen molar-refractivity contribution in [3.8, 4) is 0 Å². The molecule has 104 valence electrons. The van der Waals surface area contributed by atoms with Gasteiger partial charge in [-0.25, -0.2) is 4.39 Å². The third-order valence-corrected chi connectivity index (χ3v) is 3.67. The maximum absolute atomic E-state index is 14.0. The minimum atomic E-state index is -0.444. The lowest BCUT2D eigenvalue weighted by Gasteiger charge is -2.26. The molecule has 0 bridgehead atoms. The Morgan fingerprint density at radius 2 is 2.32 bits per heavy atom. The molecule has 4 heteroatoms. The number of aryl methyl sites for hydroxylation is 1. The van der Waals surface area contributed by atoms with Gasteiger partial charge in [-0.15, -0.1) is 0 Å². The van der Waals surface area contributed by atoms with E-state index < -0.39 is 11.9 Å². The molecule has 1 N–H and O–H groups in total. The molecule has 1 aliphatic heterocycles. The number of halogens is 1. The Kier molecular flexibility index (Phi) is 4.20. The maximum Gasteiger partial charge on any atom is 0.257 e. The average Bonchev–Trinajstić information content (AvgIpc) is 2.79. The van der Waals surface area contributed by atoms with Gasteiger partial charge in [0.2, 0.25) is 0 Å². The van der Waals surface area contributed by atoms with Crippen LogP contribution in [0.4, 0.5) is 4.39 Å². The summed E-state index contributed by atoms with van der Waals surface area (Å²) in [5, 5.41) is 9.47. The van der Waals surface area contributed by atoms with Crippen LogP contribution in [-0.4, -0.2) is 34.6 Å². The molecule has 0 spiro atoms. The summed E-state index contributed by atoms with van der Waals surface area (Å²) in [4.78, 5) is 14.1. The first-order valence-corrected chi connectivity index (χ1v) is 6.75. The highest BCUT2D eigenvalue weighted by Gasteiger charge is 2.31. The van der Waals surface area contributed by atoms with Crippen LogP contribution in [0.15, 0.2) is 18.2 Å². The van der Waals surface area contributed by atoms with Crippen molar-refractivity contribution in [3.63, 3.8) is 0 Å². The highest BCUT2D eigenvalue weighted by atomic mass is 19.1. The Labute approximate surface area is 113 Å². The van der Waals surface area contributed by atoms with Crippen molar-refractivity contribution in [2.75, 3.05) is 6.54 Å². The Morgan fingerprint density at radius 3 is 3.00 bits per heavy atom. The fourth-order valence-corrected chi connectivity index (χ4v) is 2.71. The molecule has 1 saturated heterocycles. The van der Waals surface area contributed by atoms with Crippen LogP contribution in [0.3, 0.4) is 0 Å². The van der Waals surface area contributed by atoms with E-state index in [1.165, 1.54) is 6.07 Å². The molecule has 0 aliphatic carbocycles. The zero-order chi connectivity index (χ0) is 14.0. The second-order valence-electron chi connectivity index (χ2n) is 5.32. The predicted molar refractivity (Wildman–Crippen MR) is 71.5 cm³/mol. The van der Waals surface area contributed by atoms with Gasteiger partial charge in [0, 0.05) is 12.6 Å². The van der Waals surface area contributed by atoms with E-state index in [9.17, 15) is 14.3 Å². The van der Waals surface area contributed by atoms with Crippen LogP contribution in [0.1, 0.15) is 42.1 Å². The van der Waals surface area contributed by atoms with Crippen molar-refractivity contribution in [1.29, 1.82) is 0 Å². The topological polar surface area (TPSA) is 40.5 Å². The first-order chi connectivity index (χ1) is 9.00. The van der Waals surface area contributed by atoms with Crippen LogP contribution < -0.4 is 0 Å². The number of benzene rings is 1. The van der Waals surface area contributed by atoms with E-state index in [2.05, 4.69) is 0 Å². The maximum atomic E-state index is 14.0. The number of hydrogen-bond donors (Lipinski definition) is 1. The van der Waals surface area contributed by atoms with Crippen molar-refractivity contribution < 1.29 is 14.3 Å². The summed E-state index contributed by atoms with van der Waals surface area (Å²) in [5.74, 6) is -0.695. The summed E-state index contributed by atoms with van der Waals surface area (Å²) < 4.78 is 14.0. The number of nitrogens with zero attached hydrogens (tertiary/aromatic N) is 1. The van der Waals surface area contributed by atoms with Crippen molar-refractivity contribution >= 4 is 5.91 Å². The molecule has 1 aliphatic rings. The molecule has 2 rings (SSSR count). The Balaban J connectivity index is 2.21. The van der Waals surface area contributed by atoms with Gasteiger partial charge in [-0.05, 0) is 44.7 Å². The molecule has 1 heterocycles. The van der Waals surface area contributed by atoms with Crippen molar-refractivity contribution in [1.82, 2.24) is 4.90 Å². The zero-order valence-corrected chi connectivity index (χ0v) is 11.4. The summed E-state index contributed by atoms with van der Waals surface area (Å²) in [6, 6.07) is 4.91. The van der Waals surface area contributed by atoms with Gasteiger partial charge in [-0.3, -0.25) is 4.79 Å². The van der Waals surface area contributed by atoms with E-state index in [0.717, 1.165) is 12.8 Å². The van der Waals surface area contributed by atoms with Gasteiger partial charge in [-0.1, -0.05) is 12.1 Å². The SMILES string of the molecule is Cc1cccc(C(=O)N2CCCC2CC(C)O)c1F. The third-order valence-electron chi connectivity index (χ3n) is 3.67. The van der Waals surface area contributed by atoms with Crippen molar-refractivity contribution in [2.45, 2.75) is 45.3 Å². The van der Waals surface area contributed by atoms with Crippen LogP contribution in [-0.2, 0) is 0 Å². The first kappa shape index (κ1) is 14.0. The van der Waals surface area contributed by atoms with Crippen LogP contribution in [0, 0.1) is 12.7 Å². The van der Waals surface area contributed by atoms with Gasteiger partial charge in [-0.2, -0.15) is 0 Å². The fraction of sp³-hybridized carbons (Fsp3) is 0.533. The molecule has 0 saturated carbocycles. The lowest BCUT2D eigenvalue weighted by Crippen LogP contribution is -2.37. The number of aliphatic hydroxyl groups is 1. The number of aliphatic hydroxyl groups excluding tert-OH is 1. The number of amides is 1. The monoisotopic (exact) mass is 265 g/mol. The lowest BCUT2D eigenvalue weighted by molar-refractivity contribution is 0.0677. The van der Waals surface area contributed by atoms with Gasteiger partial charge in [0.25, 0.3) is 5.91 Å². The van der Waals surface area contributed by atoms with Gasteiger partial charge in [0.05, 0.1) is 11.7 Å². The molecule has 0 aromatic heterocycles. The van der Waals surface area contributed by atoms with Crippen LogP contribution >= 0.6 is 0 Å². The summed E-state index contributed by atoms with van der Waals surface area (Å²) in [7, 11) is 0.